The minimum absolute atomic E-state index is 0.339. The minimum atomic E-state index is -0.511. The number of ether oxygens (including phenoxy) is 1. The normalized spacial score (nSPS) is 12.6. The van der Waals surface area contributed by atoms with Crippen LogP contribution in [0.25, 0.3) is 10.1 Å². The van der Waals surface area contributed by atoms with E-state index in [0.29, 0.717) is 19.8 Å². The zero-order valence-electron chi connectivity index (χ0n) is 11.5. The van der Waals surface area contributed by atoms with E-state index in [0.717, 1.165) is 5.69 Å². The molecule has 2 aromatic heterocycles. The Morgan fingerprint density at radius 2 is 2.10 bits per heavy atom. The Labute approximate surface area is 131 Å². The Balaban J connectivity index is 1.43. The summed E-state index contributed by atoms with van der Waals surface area (Å²) in [5.74, 6) is 0. The van der Waals surface area contributed by atoms with Crippen LogP contribution in [0.3, 0.4) is 0 Å². The number of hydrogen-bond acceptors (Lipinski definition) is 5. The molecule has 0 saturated carbocycles. The van der Waals surface area contributed by atoms with E-state index in [9.17, 15) is 5.11 Å². The molecular weight excluding hydrogens is 302 g/mol. The lowest BCUT2D eigenvalue weighted by molar-refractivity contribution is 0.0359. The van der Waals surface area contributed by atoms with E-state index < -0.39 is 6.10 Å². The first-order chi connectivity index (χ1) is 10.3. The lowest BCUT2D eigenvalue weighted by Crippen LogP contribution is -2.24. The molecule has 3 nitrogen and oxygen atoms in total. The molecule has 1 aromatic carbocycles. The summed E-state index contributed by atoms with van der Waals surface area (Å²) in [4.78, 5) is 1.18. The highest BCUT2D eigenvalue weighted by atomic mass is 32.1. The van der Waals surface area contributed by atoms with Crippen LogP contribution in [0, 0.1) is 0 Å². The van der Waals surface area contributed by atoms with E-state index >= 15 is 0 Å². The highest BCUT2D eigenvalue weighted by molar-refractivity contribution is 7.17. The third kappa shape index (κ3) is 4.04. The summed E-state index contributed by atoms with van der Waals surface area (Å²) in [6.07, 6.45) is -0.511. The summed E-state index contributed by atoms with van der Waals surface area (Å²) in [5.41, 5.74) is 1.03. The first-order valence-corrected chi connectivity index (χ1v) is 8.56. The highest BCUT2D eigenvalue weighted by Gasteiger charge is 2.05. The molecule has 3 aromatic rings. The van der Waals surface area contributed by atoms with Gasteiger partial charge in [-0.1, -0.05) is 6.07 Å². The fraction of sp³-hybridized carbons (Fsp3) is 0.250. The van der Waals surface area contributed by atoms with E-state index in [2.05, 4.69) is 28.9 Å². The summed E-state index contributed by atoms with van der Waals surface area (Å²) in [6, 6.07) is 12.4. The van der Waals surface area contributed by atoms with Gasteiger partial charge in [0.25, 0.3) is 0 Å². The predicted octanol–water partition coefficient (Wildman–Crippen LogP) is 3.95. The second-order valence-electron chi connectivity index (χ2n) is 4.80. The molecule has 5 heteroatoms. The number of fused-ring (bicyclic) bond motifs is 1. The third-order valence-electron chi connectivity index (χ3n) is 3.13. The second-order valence-corrected chi connectivity index (χ2v) is 6.78. The highest BCUT2D eigenvalue weighted by Crippen LogP contribution is 2.23. The third-order valence-corrected chi connectivity index (χ3v) is 4.88. The second kappa shape index (κ2) is 7.04. The van der Waals surface area contributed by atoms with E-state index in [1.54, 1.807) is 22.7 Å². The Hall–Kier alpha value is -1.40. The molecule has 21 heavy (non-hydrogen) atoms. The molecule has 1 unspecified atom stereocenters. The number of rotatable bonds is 7. The summed E-state index contributed by atoms with van der Waals surface area (Å²) >= 11 is 3.40. The van der Waals surface area contributed by atoms with Gasteiger partial charge in [-0.2, -0.15) is 0 Å². The maximum absolute atomic E-state index is 9.93. The molecule has 0 saturated heterocycles. The van der Waals surface area contributed by atoms with Crippen LogP contribution in [0.2, 0.25) is 0 Å². The summed E-state index contributed by atoms with van der Waals surface area (Å²) < 4.78 is 6.79. The standard InChI is InChI=1S/C16H17NO2S2/c18-14(10-19-11-15-2-1-6-20-15)9-17-13-3-4-16-12(8-13)5-7-21-16/h1-8,14,17-18H,9-11H2. The van der Waals surface area contributed by atoms with Crippen molar-refractivity contribution in [1.82, 2.24) is 0 Å². The van der Waals surface area contributed by atoms with Gasteiger partial charge in [0.2, 0.25) is 0 Å². The maximum atomic E-state index is 9.93. The SMILES string of the molecule is OC(CNc1ccc2sccc2c1)COCc1cccs1. The summed E-state index contributed by atoms with van der Waals surface area (Å²) in [7, 11) is 0. The molecule has 0 aliphatic carbocycles. The Kier molecular flexibility index (Phi) is 4.87. The smallest absolute Gasteiger partial charge is 0.0945 e. The van der Waals surface area contributed by atoms with Gasteiger partial charge in [-0.3, -0.25) is 0 Å². The van der Waals surface area contributed by atoms with Crippen molar-refractivity contribution in [2.75, 3.05) is 18.5 Å². The average Bonchev–Trinajstić information content (AvgIpc) is 3.15. The van der Waals surface area contributed by atoms with Crippen LogP contribution < -0.4 is 5.32 Å². The molecule has 0 amide bonds. The molecular formula is C16H17NO2S2. The van der Waals surface area contributed by atoms with Crippen molar-refractivity contribution in [3.05, 3.63) is 52.0 Å². The molecule has 0 bridgehead atoms. The molecule has 2 N–H and O–H groups in total. The quantitative estimate of drug-likeness (QED) is 0.693. The van der Waals surface area contributed by atoms with Crippen LogP contribution in [0.4, 0.5) is 5.69 Å². The number of aliphatic hydroxyl groups excluding tert-OH is 1. The van der Waals surface area contributed by atoms with Gasteiger partial charge in [0.1, 0.15) is 0 Å². The van der Waals surface area contributed by atoms with Crippen LogP contribution in [0.15, 0.2) is 47.2 Å². The van der Waals surface area contributed by atoms with Crippen molar-refractivity contribution in [2.45, 2.75) is 12.7 Å². The topological polar surface area (TPSA) is 41.5 Å². The summed E-state index contributed by atoms with van der Waals surface area (Å²) in [6.45, 7) is 1.39. The molecule has 0 radical (unpaired) electrons. The van der Waals surface area contributed by atoms with E-state index in [1.807, 2.05) is 23.6 Å². The zero-order chi connectivity index (χ0) is 14.5. The van der Waals surface area contributed by atoms with E-state index in [4.69, 9.17) is 4.74 Å². The number of aliphatic hydroxyl groups is 1. The lowest BCUT2D eigenvalue weighted by Gasteiger charge is -2.13. The van der Waals surface area contributed by atoms with Crippen LogP contribution in [-0.2, 0) is 11.3 Å². The van der Waals surface area contributed by atoms with Crippen LogP contribution >= 0.6 is 22.7 Å². The van der Waals surface area contributed by atoms with Crippen LogP contribution in [-0.4, -0.2) is 24.4 Å². The number of anilines is 1. The van der Waals surface area contributed by atoms with Gasteiger partial charge in [-0.15, -0.1) is 22.7 Å². The Morgan fingerprint density at radius 1 is 1.14 bits per heavy atom. The van der Waals surface area contributed by atoms with Crippen molar-refractivity contribution >= 4 is 38.4 Å². The van der Waals surface area contributed by atoms with Crippen LogP contribution in [0.1, 0.15) is 4.88 Å². The number of thiophene rings is 2. The molecule has 3 rings (SSSR count). The fourth-order valence-corrected chi connectivity index (χ4v) is 3.47. The van der Waals surface area contributed by atoms with Crippen molar-refractivity contribution in [3.63, 3.8) is 0 Å². The molecule has 0 spiro atoms. The van der Waals surface area contributed by atoms with Crippen molar-refractivity contribution in [2.24, 2.45) is 0 Å². The van der Waals surface area contributed by atoms with Gasteiger partial charge in [-0.25, -0.2) is 0 Å². The molecule has 2 heterocycles. The number of benzene rings is 1. The Morgan fingerprint density at radius 3 is 2.95 bits per heavy atom. The first-order valence-electron chi connectivity index (χ1n) is 6.80. The van der Waals surface area contributed by atoms with Crippen LogP contribution in [0.5, 0.6) is 0 Å². The van der Waals surface area contributed by atoms with E-state index in [1.165, 1.54) is 15.0 Å². The first kappa shape index (κ1) is 14.5. The minimum Gasteiger partial charge on any atom is -0.389 e. The number of nitrogens with one attached hydrogen (secondary N) is 1. The van der Waals surface area contributed by atoms with Gasteiger partial charge in [-0.05, 0) is 46.5 Å². The van der Waals surface area contributed by atoms with Gasteiger partial charge in [0, 0.05) is 21.8 Å². The number of hydrogen-bond donors (Lipinski definition) is 2. The molecule has 0 aliphatic rings. The average molecular weight is 319 g/mol. The lowest BCUT2D eigenvalue weighted by atomic mass is 10.2. The van der Waals surface area contributed by atoms with Gasteiger partial charge < -0.3 is 15.2 Å². The summed E-state index contributed by atoms with van der Waals surface area (Å²) in [5, 5.41) is 18.5. The Bertz CT molecular complexity index is 678. The van der Waals surface area contributed by atoms with Crippen molar-refractivity contribution in [3.8, 4) is 0 Å². The van der Waals surface area contributed by atoms with E-state index in [-0.39, 0.29) is 0 Å². The van der Waals surface area contributed by atoms with Gasteiger partial charge in [0.05, 0.1) is 19.3 Å². The predicted molar refractivity (Wildman–Crippen MR) is 90.3 cm³/mol. The largest absolute Gasteiger partial charge is 0.389 e. The molecule has 1 atom stereocenters. The van der Waals surface area contributed by atoms with Crippen molar-refractivity contribution in [1.29, 1.82) is 0 Å². The maximum Gasteiger partial charge on any atom is 0.0945 e. The molecule has 110 valence electrons. The van der Waals surface area contributed by atoms with Gasteiger partial charge >= 0.3 is 0 Å². The molecule has 0 aliphatic heterocycles. The fourth-order valence-electron chi connectivity index (χ4n) is 2.06. The monoisotopic (exact) mass is 319 g/mol. The van der Waals surface area contributed by atoms with Crippen molar-refractivity contribution < 1.29 is 9.84 Å². The zero-order valence-corrected chi connectivity index (χ0v) is 13.1. The molecule has 0 fully saturated rings. The van der Waals surface area contributed by atoms with Gasteiger partial charge in [0.15, 0.2) is 0 Å².